The van der Waals surface area contributed by atoms with Gasteiger partial charge < -0.3 is 5.11 Å². The molecule has 0 saturated carbocycles. The predicted octanol–water partition coefficient (Wildman–Crippen LogP) is 3.02. The van der Waals surface area contributed by atoms with E-state index in [1.165, 1.54) is 11.3 Å². The zero-order valence-corrected chi connectivity index (χ0v) is 12.2. The summed E-state index contributed by atoms with van der Waals surface area (Å²) < 4.78 is 1.09. The van der Waals surface area contributed by atoms with Gasteiger partial charge in [0.1, 0.15) is 6.54 Å². The van der Waals surface area contributed by atoms with E-state index in [0.29, 0.717) is 0 Å². The van der Waals surface area contributed by atoms with Crippen LogP contribution >= 0.6 is 23.1 Å². The van der Waals surface area contributed by atoms with E-state index in [-0.39, 0.29) is 4.91 Å². The number of carboxylic acid groups (broad SMARTS) is 1. The van der Waals surface area contributed by atoms with Crippen LogP contribution < -0.4 is 0 Å². The van der Waals surface area contributed by atoms with Crippen molar-refractivity contribution in [2.45, 2.75) is 0 Å². The maximum atomic E-state index is 12.0. The van der Waals surface area contributed by atoms with Crippen LogP contribution in [0.1, 0.15) is 4.88 Å². The van der Waals surface area contributed by atoms with E-state index >= 15 is 0 Å². The minimum Gasteiger partial charge on any atom is -0.480 e. The number of nitrogens with zero attached hydrogens (tertiary/aromatic N) is 1. The first-order valence-electron chi connectivity index (χ1n) is 6.00. The van der Waals surface area contributed by atoms with Gasteiger partial charge in [-0.2, -0.15) is 0 Å². The molecule has 2 amide bonds. The number of hydrogen-bond donors (Lipinski definition) is 1. The number of carboxylic acids is 1. The second-order valence-corrected chi connectivity index (χ2v) is 6.46. The monoisotopic (exact) mass is 319 g/mol. The Morgan fingerprint density at radius 3 is 2.76 bits per heavy atom. The summed E-state index contributed by atoms with van der Waals surface area (Å²) in [6.07, 6.45) is 1.64. The quantitative estimate of drug-likeness (QED) is 0.880. The van der Waals surface area contributed by atoms with E-state index in [1.807, 2.05) is 30.3 Å². The Labute approximate surface area is 127 Å². The smallest absolute Gasteiger partial charge is 0.323 e. The minimum absolute atomic E-state index is 0.257. The van der Waals surface area contributed by atoms with E-state index in [1.54, 1.807) is 6.08 Å². The third kappa shape index (κ3) is 2.70. The van der Waals surface area contributed by atoms with Crippen molar-refractivity contribution in [3.63, 3.8) is 0 Å². The van der Waals surface area contributed by atoms with Gasteiger partial charge in [0.25, 0.3) is 11.1 Å². The van der Waals surface area contributed by atoms with Crippen molar-refractivity contribution >= 4 is 56.4 Å². The fourth-order valence-corrected chi connectivity index (χ4v) is 3.89. The summed E-state index contributed by atoms with van der Waals surface area (Å²) in [4.78, 5) is 36.2. The Bertz CT molecular complexity index is 760. The molecule has 21 heavy (non-hydrogen) atoms. The van der Waals surface area contributed by atoms with Crippen molar-refractivity contribution in [3.05, 3.63) is 40.1 Å². The van der Waals surface area contributed by atoms with Crippen LogP contribution in [0, 0.1) is 0 Å². The highest BCUT2D eigenvalue weighted by atomic mass is 32.2. The van der Waals surface area contributed by atoms with Crippen LogP contribution in [0.25, 0.3) is 16.2 Å². The van der Waals surface area contributed by atoms with E-state index in [4.69, 9.17) is 5.11 Å². The predicted molar refractivity (Wildman–Crippen MR) is 82.1 cm³/mol. The average Bonchev–Trinajstić information content (AvgIpc) is 2.94. The normalized spacial score (nSPS) is 17.1. The van der Waals surface area contributed by atoms with Gasteiger partial charge in [0.05, 0.1) is 4.91 Å². The summed E-state index contributed by atoms with van der Waals surface area (Å²) in [5, 5.41) is 9.23. The summed E-state index contributed by atoms with van der Waals surface area (Å²) in [5.41, 5.74) is 0. The molecule has 2 heterocycles. The molecule has 0 atom stereocenters. The van der Waals surface area contributed by atoms with Crippen LogP contribution in [-0.2, 0) is 9.59 Å². The lowest BCUT2D eigenvalue weighted by Gasteiger charge is -2.07. The average molecular weight is 319 g/mol. The number of thioether (sulfide) groups is 1. The molecule has 1 aromatic heterocycles. The largest absolute Gasteiger partial charge is 0.480 e. The van der Waals surface area contributed by atoms with E-state index in [2.05, 4.69) is 0 Å². The zero-order valence-electron chi connectivity index (χ0n) is 10.6. The van der Waals surface area contributed by atoms with Gasteiger partial charge in [-0.1, -0.05) is 18.2 Å². The lowest BCUT2D eigenvalue weighted by atomic mass is 10.2. The molecule has 0 spiro atoms. The molecule has 0 unspecified atom stereocenters. The van der Waals surface area contributed by atoms with Gasteiger partial charge in [-0.3, -0.25) is 19.3 Å². The Morgan fingerprint density at radius 2 is 2.05 bits per heavy atom. The zero-order chi connectivity index (χ0) is 15.0. The molecule has 1 aliphatic heterocycles. The van der Waals surface area contributed by atoms with E-state index in [0.717, 1.165) is 31.6 Å². The molecule has 1 N–H and O–H groups in total. The number of fused-ring (bicyclic) bond motifs is 1. The van der Waals surface area contributed by atoms with Crippen molar-refractivity contribution in [3.8, 4) is 0 Å². The molecular formula is C14H9NO4S2. The van der Waals surface area contributed by atoms with E-state index < -0.39 is 23.7 Å². The van der Waals surface area contributed by atoms with E-state index in [9.17, 15) is 14.4 Å². The highest BCUT2D eigenvalue weighted by Gasteiger charge is 2.36. The number of amides is 2. The van der Waals surface area contributed by atoms with Gasteiger partial charge in [0.2, 0.25) is 0 Å². The third-order valence-corrected chi connectivity index (χ3v) is 4.86. The first kappa shape index (κ1) is 13.8. The van der Waals surface area contributed by atoms with Gasteiger partial charge in [-0.05, 0) is 35.4 Å². The van der Waals surface area contributed by atoms with Crippen LogP contribution in [0.15, 0.2) is 35.2 Å². The maximum Gasteiger partial charge on any atom is 0.323 e. The van der Waals surface area contributed by atoms with Crippen LogP contribution in [0.3, 0.4) is 0 Å². The molecule has 0 aliphatic carbocycles. The molecule has 0 radical (unpaired) electrons. The SMILES string of the molecule is O=C(O)CN1C(=O)S/C(=C\c2cc3ccccc3s2)C1=O. The molecule has 106 valence electrons. The molecule has 1 aromatic carbocycles. The lowest BCUT2D eigenvalue weighted by Crippen LogP contribution is -2.33. The molecule has 1 saturated heterocycles. The van der Waals surface area contributed by atoms with Crippen molar-refractivity contribution in [2.24, 2.45) is 0 Å². The highest BCUT2D eigenvalue weighted by molar-refractivity contribution is 8.18. The number of rotatable bonds is 3. The number of benzene rings is 1. The van der Waals surface area contributed by atoms with Crippen LogP contribution in [0.5, 0.6) is 0 Å². The van der Waals surface area contributed by atoms with Crippen molar-refractivity contribution in [1.82, 2.24) is 4.90 Å². The van der Waals surface area contributed by atoms with Gasteiger partial charge >= 0.3 is 5.97 Å². The third-order valence-electron chi connectivity index (χ3n) is 2.88. The maximum absolute atomic E-state index is 12.0. The Balaban J connectivity index is 1.91. The standard InChI is InChI=1S/C14H9NO4S2/c16-12(17)7-15-13(18)11(21-14(15)19)6-9-5-8-3-1-2-4-10(8)20-9/h1-6H,7H2,(H,16,17)/b11-6-. The number of imide groups is 1. The molecule has 1 fully saturated rings. The number of thiophene rings is 1. The molecule has 7 heteroatoms. The fraction of sp³-hybridized carbons (Fsp3) is 0.0714. The number of carbonyl (C=O) groups is 3. The number of aliphatic carboxylic acids is 1. The molecule has 0 bridgehead atoms. The Kier molecular flexibility index (Phi) is 3.52. The van der Waals surface area contributed by atoms with Crippen LogP contribution in [0.4, 0.5) is 4.79 Å². The molecule has 3 rings (SSSR count). The molecular weight excluding hydrogens is 310 g/mol. The van der Waals surface area contributed by atoms with Crippen molar-refractivity contribution < 1.29 is 19.5 Å². The molecule has 2 aromatic rings. The van der Waals surface area contributed by atoms with Gasteiger partial charge in [0.15, 0.2) is 0 Å². The molecule has 5 nitrogen and oxygen atoms in total. The first-order chi connectivity index (χ1) is 10.0. The summed E-state index contributed by atoms with van der Waals surface area (Å²) in [6.45, 7) is -0.603. The molecule has 1 aliphatic rings. The highest BCUT2D eigenvalue weighted by Crippen LogP contribution is 2.34. The van der Waals surface area contributed by atoms with Gasteiger partial charge in [-0.15, -0.1) is 11.3 Å². The first-order valence-corrected chi connectivity index (χ1v) is 7.63. The Morgan fingerprint density at radius 1 is 1.29 bits per heavy atom. The van der Waals surface area contributed by atoms with Gasteiger partial charge in [0, 0.05) is 9.58 Å². The van der Waals surface area contributed by atoms with Crippen LogP contribution in [-0.4, -0.2) is 33.7 Å². The topological polar surface area (TPSA) is 74.7 Å². The summed E-state index contributed by atoms with van der Waals surface area (Å²) in [7, 11) is 0. The van der Waals surface area contributed by atoms with Crippen molar-refractivity contribution in [1.29, 1.82) is 0 Å². The van der Waals surface area contributed by atoms with Crippen LogP contribution in [0.2, 0.25) is 0 Å². The number of hydrogen-bond acceptors (Lipinski definition) is 5. The second kappa shape index (κ2) is 5.34. The fourth-order valence-electron chi connectivity index (χ4n) is 1.97. The lowest BCUT2D eigenvalue weighted by molar-refractivity contribution is -0.140. The van der Waals surface area contributed by atoms with Gasteiger partial charge in [-0.25, -0.2) is 0 Å². The second-order valence-electron chi connectivity index (χ2n) is 4.35. The summed E-state index contributed by atoms with van der Waals surface area (Å²) in [5.74, 6) is -1.76. The van der Waals surface area contributed by atoms with Crippen molar-refractivity contribution in [2.75, 3.05) is 6.54 Å². The summed E-state index contributed by atoms with van der Waals surface area (Å²) >= 11 is 2.28. The number of carbonyl (C=O) groups excluding carboxylic acids is 2. The minimum atomic E-state index is -1.21. The Hall–Kier alpha value is -2.12. The summed E-state index contributed by atoms with van der Waals surface area (Å²) in [6, 6.07) is 9.75.